The number of carbonyl (C=O) groups is 1. The molecule has 2 rings (SSSR count). The molecule has 0 saturated carbocycles. The van der Waals surface area contributed by atoms with Crippen LogP contribution in [0.4, 0.5) is 5.88 Å². The Kier molecular flexibility index (Phi) is 1.42. The minimum atomic E-state index is 0.293. The topological polar surface area (TPSA) is 33.5 Å². The summed E-state index contributed by atoms with van der Waals surface area (Å²) in [6.07, 6.45) is 2.28. The van der Waals surface area contributed by atoms with Crippen molar-refractivity contribution in [1.29, 1.82) is 0 Å². The van der Waals surface area contributed by atoms with Gasteiger partial charge in [-0.1, -0.05) is 0 Å². The largest absolute Gasteiger partial charge is 0.449 e. The van der Waals surface area contributed by atoms with Crippen molar-refractivity contribution in [2.75, 3.05) is 18.0 Å². The van der Waals surface area contributed by atoms with Gasteiger partial charge in [-0.25, -0.2) is 0 Å². The maximum absolute atomic E-state index is 10.9. The number of Topliss-reactive ketones (excluding diaryl/α,β-unsaturated/α-hetero) is 1. The minimum absolute atomic E-state index is 0.293. The van der Waals surface area contributed by atoms with Crippen molar-refractivity contribution in [3.05, 3.63) is 18.4 Å². The summed E-state index contributed by atoms with van der Waals surface area (Å²) >= 11 is 0. The van der Waals surface area contributed by atoms with Crippen LogP contribution >= 0.6 is 0 Å². The Labute approximate surface area is 64.6 Å². The summed E-state index contributed by atoms with van der Waals surface area (Å²) in [6, 6.07) is 3.71. The number of furan rings is 1. The van der Waals surface area contributed by atoms with Crippen LogP contribution in [0.15, 0.2) is 22.8 Å². The molecule has 0 bridgehead atoms. The third-order valence-electron chi connectivity index (χ3n) is 1.85. The lowest BCUT2D eigenvalue weighted by Gasteiger charge is -2.10. The fraction of sp³-hybridized carbons (Fsp3) is 0.375. The average Bonchev–Trinajstić information content (AvgIpc) is 2.55. The van der Waals surface area contributed by atoms with Gasteiger partial charge in [-0.05, 0) is 6.07 Å². The van der Waals surface area contributed by atoms with E-state index in [-0.39, 0.29) is 0 Å². The van der Waals surface area contributed by atoms with Gasteiger partial charge in [-0.15, -0.1) is 0 Å². The number of ketones is 1. The second-order valence-electron chi connectivity index (χ2n) is 2.66. The van der Waals surface area contributed by atoms with Crippen molar-refractivity contribution >= 4 is 11.7 Å². The molecule has 0 radical (unpaired) electrons. The van der Waals surface area contributed by atoms with E-state index in [0.717, 1.165) is 12.4 Å². The zero-order valence-corrected chi connectivity index (χ0v) is 6.12. The van der Waals surface area contributed by atoms with Crippen LogP contribution in [-0.2, 0) is 4.79 Å². The fourth-order valence-electron chi connectivity index (χ4n) is 1.27. The molecule has 1 aromatic heterocycles. The van der Waals surface area contributed by atoms with Gasteiger partial charge in [0, 0.05) is 19.0 Å². The predicted octanol–water partition coefficient (Wildman–Crippen LogP) is 1.06. The van der Waals surface area contributed by atoms with Crippen LogP contribution in [-0.4, -0.2) is 18.9 Å². The molecule has 1 saturated heterocycles. The van der Waals surface area contributed by atoms with Gasteiger partial charge in [0.25, 0.3) is 0 Å². The number of anilines is 1. The molecule has 0 amide bonds. The molecule has 0 aromatic carbocycles. The van der Waals surface area contributed by atoms with Gasteiger partial charge in [0.1, 0.15) is 0 Å². The van der Waals surface area contributed by atoms with Crippen LogP contribution in [0.25, 0.3) is 0 Å². The van der Waals surface area contributed by atoms with Crippen LogP contribution in [0.1, 0.15) is 6.42 Å². The van der Waals surface area contributed by atoms with E-state index >= 15 is 0 Å². The lowest BCUT2D eigenvalue weighted by Crippen LogP contribution is -2.18. The van der Waals surface area contributed by atoms with Crippen molar-refractivity contribution < 1.29 is 9.21 Å². The van der Waals surface area contributed by atoms with E-state index < -0.39 is 0 Å². The first-order valence-electron chi connectivity index (χ1n) is 3.66. The lowest BCUT2D eigenvalue weighted by atomic mass is 10.4. The monoisotopic (exact) mass is 151 g/mol. The van der Waals surface area contributed by atoms with Gasteiger partial charge < -0.3 is 9.32 Å². The number of nitrogens with zero attached hydrogens (tertiary/aromatic N) is 1. The van der Waals surface area contributed by atoms with Gasteiger partial charge in [0.05, 0.1) is 12.8 Å². The van der Waals surface area contributed by atoms with E-state index in [2.05, 4.69) is 0 Å². The molecule has 1 aliphatic rings. The first-order valence-corrected chi connectivity index (χ1v) is 3.66. The maximum atomic E-state index is 10.9. The zero-order chi connectivity index (χ0) is 7.68. The van der Waals surface area contributed by atoms with Crippen molar-refractivity contribution in [3.63, 3.8) is 0 Å². The Morgan fingerprint density at radius 3 is 3.00 bits per heavy atom. The smallest absolute Gasteiger partial charge is 0.195 e. The Hall–Kier alpha value is -1.25. The van der Waals surface area contributed by atoms with Crippen molar-refractivity contribution in [2.45, 2.75) is 6.42 Å². The normalized spacial score (nSPS) is 17.8. The van der Waals surface area contributed by atoms with E-state index in [1.54, 1.807) is 6.26 Å². The molecule has 1 aliphatic heterocycles. The SMILES string of the molecule is O=C1CCN(c2ccco2)C1. The van der Waals surface area contributed by atoms with Gasteiger partial charge >= 0.3 is 0 Å². The summed E-state index contributed by atoms with van der Waals surface area (Å²) in [5.41, 5.74) is 0. The number of hydrogen-bond acceptors (Lipinski definition) is 3. The molecule has 11 heavy (non-hydrogen) atoms. The van der Waals surface area contributed by atoms with Crippen LogP contribution in [0, 0.1) is 0 Å². The summed E-state index contributed by atoms with van der Waals surface area (Å²) < 4.78 is 5.14. The number of carbonyl (C=O) groups excluding carboxylic acids is 1. The summed E-state index contributed by atoms with van der Waals surface area (Å²) in [6.45, 7) is 1.31. The standard InChI is InChI=1S/C8H9NO2/c10-7-3-4-9(6-7)8-2-1-5-11-8/h1-2,5H,3-4,6H2. The molecule has 0 atom stereocenters. The highest BCUT2D eigenvalue weighted by molar-refractivity contribution is 5.86. The van der Waals surface area contributed by atoms with Gasteiger partial charge in [0.2, 0.25) is 0 Å². The van der Waals surface area contributed by atoms with Gasteiger partial charge in [-0.3, -0.25) is 4.79 Å². The van der Waals surface area contributed by atoms with Crippen LogP contribution < -0.4 is 4.90 Å². The second kappa shape index (κ2) is 2.42. The molecule has 58 valence electrons. The van der Waals surface area contributed by atoms with Crippen molar-refractivity contribution in [2.24, 2.45) is 0 Å². The predicted molar refractivity (Wildman–Crippen MR) is 40.5 cm³/mol. The molecule has 2 heterocycles. The molecule has 3 heteroatoms. The lowest BCUT2D eigenvalue weighted by molar-refractivity contribution is -0.116. The molecular weight excluding hydrogens is 142 g/mol. The average molecular weight is 151 g/mol. The fourth-order valence-corrected chi connectivity index (χ4v) is 1.27. The minimum Gasteiger partial charge on any atom is -0.449 e. The highest BCUT2D eigenvalue weighted by Gasteiger charge is 2.20. The zero-order valence-electron chi connectivity index (χ0n) is 6.12. The molecule has 1 aromatic rings. The van der Waals surface area contributed by atoms with Crippen molar-refractivity contribution in [1.82, 2.24) is 0 Å². The van der Waals surface area contributed by atoms with Crippen LogP contribution in [0.2, 0.25) is 0 Å². The molecule has 0 spiro atoms. The van der Waals surface area contributed by atoms with E-state index in [9.17, 15) is 4.79 Å². The molecule has 0 unspecified atom stereocenters. The third kappa shape index (κ3) is 1.13. The maximum Gasteiger partial charge on any atom is 0.195 e. The van der Waals surface area contributed by atoms with Crippen LogP contribution in [0.3, 0.4) is 0 Å². The third-order valence-corrected chi connectivity index (χ3v) is 1.85. The molecule has 1 fully saturated rings. The summed E-state index contributed by atoms with van der Waals surface area (Å²) in [5, 5.41) is 0. The number of rotatable bonds is 1. The van der Waals surface area contributed by atoms with E-state index in [1.807, 2.05) is 17.0 Å². The second-order valence-corrected chi connectivity index (χ2v) is 2.66. The molecular formula is C8H9NO2. The molecule has 0 aliphatic carbocycles. The molecule has 0 N–H and O–H groups in total. The van der Waals surface area contributed by atoms with Gasteiger partial charge in [0.15, 0.2) is 11.7 Å². The summed E-state index contributed by atoms with van der Waals surface area (Å²) in [7, 11) is 0. The van der Waals surface area contributed by atoms with E-state index in [4.69, 9.17) is 4.42 Å². The van der Waals surface area contributed by atoms with E-state index in [0.29, 0.717) is 18.7 Å². The van der Waals surface area contributed by atoms with Crippen molar-refractivity contribution in [3.8, 4) is 0 Å². The Balaban J connectivity index is 2.13. The summed E-state index contributed by atoms with van der Waals surface area (Å²) in [4.78, 5) is 12.8. The highest BCUT2D eigenvalue weighted by atomic mass is 16.3. The Morgan fingerprint density at radius 2 is 2.45 bits per heavy atom. The first-order chi connectivity index (χ1) is 5.36. The quantitative estimate of drug-likeness (QED) is 0.601. The first kappa shape index (κ1) is 6.46. The highest BCUT2D eigenvalue weighted by Crippen LogP contribution is 2.18. The number of hydrogen-bond donors (Lipinski definition) is 0. The Morgan fingerprint density at radius 1 is 1.55 bits per heavy atom. The Bertz CT molecular complexity index is 253. The van der Waals surface area contributed by atoms with E-state index in [1.165, 1.54) is 0 Å². The van der Waals surface area contributed by atoms with Crippen LogP contribution in [0.5, 0.6) is 0 Å². The molecule has 3 nitrogen and oxygen atoms in total. The summed E-state index contributed by atoms with van der Waals surface area (Å²) in [5.74, 6) is 1.09. The van der Waals surface area contributed by atoms with Gasteiger partial charge in [-0.2, -0.15) is 0 Å².